The van der Waals surface area contributed by atoms with Crippen LogP contribution in [-0.2, 0) is 0 Å². The Balaban J connectivity index is 1.53. The molecule has 2 aliphatic rings. The first-order valence-corrected chi connectivity index (χ1v) is 14.6. The summed E-state index contributed by atoms with van der Waals surface area (Å²) >= 11 is 1.41. The molecule has 0 saturated carbocycles. The number of thiazole rings is 1. The van der Waals surface area contributed by atoms with Crippen molar-refractivity contribution in [3.05, 3.63) is 120 Å². The van der Waals surface area contributed by atoms with Gasteiger partial charge in [0.05, 0.1) is 44.7 Å². The van der Waals surface area contributed by atoms with E-state index >= 15 is 0 Å². The van der Waals surface area contributed by atoms with Gasteiger partial charge in [0, 0.05) is 0 Å². The number of nitrogens with zero attached hydrogens (tertiary/aromatic N) is 2. The fourth-order valence-corrected chi connectivity index (χ4v) is 6.64. The monoisotopic (exact) mass is 580 g/mol. The topological polar surface area (TPSA) is 71.3 Å². The van der Waals surface area contributed by atoms with E-state index in [1.165, 1.54) is 16.9 Å². The van der Waals surface area contributed by atoms with Crippen LogP contribution in [-0.4, -0.2) is 33.0 Å². The van der Waals surface area contributed by atoms with Crippen LogP contribution in [0.5, 0.6) is 23.0 Å². The summed E-state index contributed by atoms with van der Waals surface area (Å²) in [5, 5.41) is 0. The molecule has 0 spiro atoms. The number of ether oxygens (including phenoxy) is 4. The predicted octanol–water partition coefficient (Wildman–Crippen LogP) is 5.52. The van der Waals surface area contributed by atoms with Gasteiger partial charge in [0.25, 0.3) is 5.56 Å². The van der Waals surface area contributed by atoms with Crippen LogP contribution in [0.3, 0.4) is 0 Å². The summed E-state index contributed by atoms with van der Waals surface area (Å²) in [6.07, 6.45) is 6.88. The molecule has 42 heavy (non-hydrogen) atoms. The van der Waals surface area contributed by atoms with Crippen LogP contribution in [0.4, 0.5) is 0 Å². The molecule has 1 atom stereocenters. The standard InChI is InChI=1S/C34H32N2O5S/c1-38-25-13-8-21(9-14-25)18-24-6-5-7-27-31(24)35-34-36(32(27)23-11-15-26(39-2)16-12-23)33(37)30(42-34)20-22-10-17-28(40-3)29(19-22)41-4/h8-20,32H,5-7H2,1-4H3/b24-18+,30-20-. The average molecular weight is 581 g/mol. The Labute approximate surface area is 248 Å². The van der Waals surface area contributed by atoms with Gasteiger partial charge in [-0.2, -0.15) is 0 Å². The molecule has 0 radical (unpaired) electrons. The lowest BCUT2D eigenvalue weighted by atomic mass is 9.84. The van der Waals surface area contributed by atoms with Gasteiger partial charge in [0.15, 0.2) is 16.3 Å². The molecule has 0 bridgehead atoms. The highest BCUT2D eigenvalue weighted by Crippen LogP contribution is 2.41. The minimum atomic E-state index is -0.255. The first-order chi connectivity index (χ1) is 20.5. The van der Waals surface area contributed by atoms with Gasteiger partial charge in [-0.15, -0.1) is 0 Å². The molecule has 1 unspecified atom stereocenters. The number of hydrogen-bond acceptors (Lipinski definition) is 7. The summed E-state index contributed by atoms with van der Waals surface area (Å²) in [5.74, 6) is 2.85. The zero-order chi connectivity index (χ0) is 29.2. The smallest absolute Gasteiger partial charge is 0.271 e. The zero-order valence-electron chi connectivity index (χ0n) is 24.0. The molecule has 0 N–H and O–H groups in total. The SMILES string of the molecule is COc1ccc(/C=C2\CCCC3=C2N=c2s/c(=C\c4ccc(OC)c(OC)c4)c(=O)n2C3c2ccc(OC)cc2)cc1. The molecular formula is C34H32N2O5S. The molecule has 0 amide bonds. The van der Waals surface area contributed by atoms with E-state index in [1.54, 1.807) is 28.4 Å². The van der Waals surface area contributed by atoms with Gasteiger partial charge < -0.3 is 18.9 Å². The molecule has 214 valence electrons. The molecule has 4 aromatic rings. The van der Waals surface area contributed by atoms with Gasteiger partial charge in [-0.3, -0.25) is 9.36 Å². The largest absolute Gasteiger partial charge is 0.497 e. The van der Waals surface area contributed by atoms with Gasteiger partial charge >= 0.3 is 0 Å². The van der Waals surface area contributed by atoms with Crippen LogP contribution in [0, 0.1) is 0 Å². The van der Waals surface area contributed by atoms with Crippen molar-refractivity contribution in [1.29, 1.82) is 0 Å². The van der Waals surface area contributed by atoms with Crippen LogP contribution in [0.2, 0.25) is 0 Å². The van der Waals surface area contributed by atoms with Crippen molar-refractivity contribution in [1.82, 2.24) is 4.57 Å². The Morgan fingerprint density at radius 3 is 2.12 bits per heavy atom. The molecule has 7 nitrogen and oxygen atoms in total. The average Bonchev–Trinajstić information content (AvgIpc) is 3.34. The highest BCUT2D eigenvalue weighted by atomic mass is 32.1. The van der Waals surface area contributed by atoms with Crippen molar-refractivity contribution in [2.45, 2.75) is 25.3 Å². The fraction of sp³-hybridized carbons (Fsp3) is 0.235. The van der Waals surface area contributed by atoms with Gasteiger partial charge in [0.1, 0.15) is 11.5 Å². The summed E-state index contributed by atoms with van der Waals surface area (Å²) in [6, 6.07) is 21.4. The minimum absolute atomic E-state index is 0.0628. The third kappa shape index (κ3) is 5.14. The molecule has 1 aromatic heterocycles. The molecular weight excluding hydrogens is 548 g/mol. The number of benzene rings is 3. The minimum Gasteiger partial charge on any atom is -0.497 e. The first-order valence-electron chi connectivity index (χ1n) is 13.8. The Morgan fingerprint density at radius 2 is 1.45 bits per heavy atom. The van der Waals surface area contributed by atoms with Crippen LogP contribution in [0.25, 0.3) is 12.2 Å². The van der Waals surface area contributed by atoms with E-state index in [4.69, 9.17) is 23.9 Å². The van der Waals surface area contributed by atoms with Crippen molar-refractivity contribution < 1.29 is 18.9 Å². The maximum atomic E-state index is 14.1. The summed E-state index contributed by atoms with van der Waals surface area (Å²) in [7, 11) is 6.54. The van der Waals surface area contributed by atoms with E-state index in [0.717, 1.165) is 58.7 Å². The molecule has 3 aromatic carbocycles. The second kappa shape index (κ2) is 11.7. The number of methoxy groups -OCH3 is 4. The zero-order valence-corrected chi connectivity index (χ0v) is 24.9. The molecule has 6 rings (SSSR count). The van der Waals surface area contributed by atoms with E-state index < -0.39 is 0 Å². The van der Waals surface area contributed by atoms with Crippen molar-refractivity contribution in [3.63, 3.8) is 0 Å². The maximum absolute atomic E-state index is 14.1. The number of allylic oxidation sites excluding steroid dienone is 2. The number of fused-ring (bicyclic) bond motifs is 1. The number of aromatic nitrogens is 1. The first kappa shape index (κ1) is 27.6. The van der Waals surface area contributed by atoms with E-state index in [1.807, 2.05) is 65.2 Å². The highest BCUT2D eigenvalue weighted by molar-refractivity contribution is 7.07. The molecule has 2 heterocycles. The van der Waals surface area contributed by atoms with E-state index in [9.17, 15) is 4.79 Å². The van der Waals surface area contributed by atoms with Crippen molar-refractivity contribution in [3.8, 4) is 23.0 Å². The summed E-state index contributed by atoms with van der Waals surface area (Å²) in [6.45, 7) is 0. The molecule has 8 heteroatoms. The lowest BCUT2D eigenvalue weighted by Crippen LogP contribution is -2.39. The van der Waals surface area contributed by atoms with E-state index in [-0.39, 0.29) is 11.6 Å². The number of rotatable bonds is 7. The second-order valence-electron chi connectivity index (χ2n) is 10.1. The quantitative estimate of drug-likeness (QED) is 0.288. The van der Waals surface area contributed by atoms with Crippen LogP contribution in [0.15, 0.2) is 93.4 Å². The van der Waals surface area contributed by atoms with E-state index in [2.05, 4.69) is 18.2 Å². The van der Waals surface area contributed by atoms with Crippen molar-refractivity contribution in [2.24, 2.45) is 4.99 Å². The van der Waals surface area contributed by atoms with Gasteiger partial charge in [-0.1, -0.05) is 41.7 Å². The van der Waals surface area contributed by atoms with E-state index in [0.29, 0.717) is 20.8 Å². The normalized spacial score (nSPS) is 17.4. The Morgan fingerprint density at radius 1 is 0.786 bits per heavy atom. The van der Waals surface area contributed by atoms with Crippen molar-refractivity contribution >= 4 is 23.5 Å². The second-order valence-corrected chi connectivity index (χ2v) is 11.1. The molecule has 1 aliphatic carbocycles. The summed E-state index contributed by atoms with van der Waals surface area (Å²) in [4.78, 5) is 19.9. The lowest BCUT2D eigenvalue weighted by molar-refractivity contribution is 0.355. The fourth-order valence-electron chi connectivity index (χ4n) is 5.64. The third-order valence-corrected chi connectivity index (χ3v) is 8.71. The molecule has 0 fully saturated rings. The Hall–Kier alpha value is -4.56. The summed E-state index contributed by atoms with van der Waals surface area (Å²) in [5.41, 5.74) is 6.23. The van der Waals surface area contributed by atoms with Gasteiger partial charge in [-0.05, 0) is 95.6 Å². The van der Waals surface area contributed by atoms with Crippen LogP contribution >= 0.6 is 11.3 Å². The van der Waals surface area contributed by atoms with Gasteiger partial charge in [-0.25, -0.2) is 4.99 Å². The van der Waals surface area contributed by atoms with Crippen LogP contribution in [0.1, 0.15) is 42.0 Å². The molecule has 0 saturated heterocycles. The Kier molecular flexibility index (Phi) is 7.71. The molecule has 1 aliphatic heterocycles. The summed E-state index contributed by atoms with van der Waals surface area (Å²) < 4.78 is 24.1. The predicted molar refractivity (Wildman–Crippen MR) is 165 cm³/mol. The highest BCUT2D eigenvalue weighted by Gasteiger charge is 2.32. The maximum Gasteiger partial charge on any atom is 0.271 e. The number of hydrogen-bond donors (Lipinski definition) is 0. The van der Waals surface area contributed by atoms with Crippen LogP contribution < -0.4 is 33.8 Å². The third-order valence-electron chi connectivity index (χ3n) is 7.73. The Bertz CT molecular complexity index is 1860. The van der Waals surface area contributed by atoms with Gasteiger partial charge in [0.2, 0.25) is 0 Å². The lowest BCUT2D eigenvalue weighted by Gasteiger charge is -2.31. The van der Waals surface area contributed by atoms with Crippen molar-refractivity contribution in [2.75, 3.05) is 28.4 Å².